The van der Waals surface area contributed by atoms with Crippen LogP contribution < -0.4 is 9.47 Å². The van der Waals surface area contributed by atoms with Crippen molar-refractivity contribution in [3.63, 3.8) is 0 Å². The third kappa shape index (κ3) is 1.49. The molecule has 0 saturated heterocycles. The Hall–Kier alpha value is -2.68. The summed E-state index contributed by atoms with van der Waals surface area (Å²) in [5.74, 6) is 1.53. The van der Waals surface area contributed by atoms with Crippen LogP contribution in [0, 0.1) is 0 Å². The summed E-state index contributed by atoms with van der Waals surface area (Å²) in [6.07, 6.45) is 0. The Bertz CT molecular complexity index is 973. The topological polar surface area (TPSA) is 38.7 Å². The molecule has 0 amide bonds. The number of benzene rings is 4. The van der Waals surface area contributed by atoms with E-state index in [1.807, 2.05) is 24.3 Å². The number of hydrogen-bond donors (Lipinski definition) is 1. The van der Waals surface area contributed by atoms with Gasteiger partial charge in [-0.2, -0.15) is 0 Å². The second kappa shape index (κ2) is 4.16. The smallest absolute Gasteiger partial charge is 0.168 e. The highest BCUT2D eigenvalue weighted by molar-refractivity contribution is 6.25. The summed E-state index contributed by atoms with van der Waals surface area (Å²) in [5, 5.41) is 16.5. The number of phenolic OH excluding ortho intramolecular Hbond substituents is 1. The zero-order valence-electron chi connectivity index (χ0n) is 11.8. The summed E-state index contributed by atoms with van der Waals surface area (Å²) in [6, 6.07) is 13.9. The predicted molar refractivity (Wildman–Crippen MR) is 84.9 cm³/mol. The third-order valence-corrected chi connectivity index (χ3v) is 4.10. The van der Waals surface area contributed by atoms with Gasteiger partial charge < -0.3 is 14.6 Å². The van der Waals surface area contributed by atoms with E-state index in [2.05, 4.69) is 12.1 Å². The van der Waals surface area contributed by atoms with E-state index in [4.69, 9.17) is 9.47 Å². The molecule has 4 aromatic rings. The normalized spacial score (nSPS) is 11.5. The molecule has 0 spiro atoms. The largest absolute Gasteiger partial charge is 0.504 e. The molecule has 0 aliphatic rings. The van der Waals surface area contributed by atoms with Gasteiger partial charge in [0.15, 0.2) is 11.5 Å². The van der Waals surface area contributed by atoms with E-state index in [1.165, 1.54) is 0 Å². The molecule has 0 aliphatic heterocycles. The molecule has 0 radical (unpaired) electrons. The van der Waals surface area contributed by atoms with Gasteiger partial charge in [-0.25, -0.2) is 0 Å². The van der Waals surface area contributed by atoms with Crippen LogP contribution in [0.4, 0.5) is 0 Å². The van der Waals surface area contributed by atoms with Crippen molar-refractivity contribution >= 4 is 32.3 Å². The highest BCUT2D eigenvalue weighted by Crippen LogP contribution is 2.44. The Balaban J connectivity index is 2.34. The van der Waals surface area contributed by atoms with E-state index < -0.39 is 0 Å². The monoisotopic (exact) mass is 278 g/mol. The molecular formula is C18H14O3. The van der Waals surface area contributed by atoms with Crippen LogP contribution >= 0.6 is 0 Å². The molecular weight excluding hydrogens is 264 g/mol. The summed E-state index contributed by atoms with van der Waals surface area (Å²) in [4.78, 5) is 0. The van der Waals surface area contributed by atoms with Gasteiger partial charge in [0.1, 0.15) is 5.75 Å². The van der Waals surface area contributed by atoms with E-state index in [0.29, 0.717) is 5.75 Å². The Labute approximate surface area is 121 Å². The lowest BCUT2D eigenvalue weighted by atomic mass is 9.93. The van der Waals surface area contributed by atoms with E-state index in [-0.39, 0.29) is 5.75 Å². The molecule has 1 N–H and O–H groups in total. The van der Waals surface area contributed by atoms with Crippen LogP contribution in [-0.4, -0.2) is 19.3 Å². The van der Waals surface area contributed by atoms with Gasteiger partial charge in [0.2, 0.25) is 0 Å². The third-order valence-electron chi connectivity index (χ3n) is 4.10. The minimum atomic E-state index is 0.162. The number of methoxy groups -OCH3 is 2. The maximum Gasteiger partial charge on any atom is 0.168 e. The maximum absolute atomic E-state index is 10.1. The van der Waals surface area contributed by atoms with Crippen molar-refractivity contribution in [2.24, 2.45) is 0 Å². The minimum absolute atomic E-state index is 0.162. The second-order valence-electron chi connectivity index (χ2n) is 5.12. The quantitative estimate of drug-likeness (QED) is 0.555. The molecule has 0 saturated carbocycles. The zero-order valence-corrected chi connectivity index (χ0v) is 11.8. The van der Waals surface area contributed by atoms with E-state index in [9.17, 15) is 5.11 Å². The molecule has 0 fully saturated rings. The zero-order chi connectivity index (χ0) is 14.6. The molecule has 21 heavy (non-hydrogen) atoms. The van der Waals surface area contributed by atoms with Crippen LogP contribution in [0.5, 0.6) is 17.2 Å². The first kappa shape index (κ1) is 12.1. The number of ether oxygens (including phenoxy) is 2. The van der Waals surface area contributed by atoms with Crippen molar-refractivity contribution < 1.29 is 14.6 Å². The van der Waals surface area contributed by atoms with Gasteiger partial charge in [-0.1, -0.05) is 18.2 Å². The summed E-state index contributed by atoms with van der Waals surface area (Å²) in [7, 11) is 3.25. The van der Waals surface area contributed by atoms with Gasteiger partial charge in [-0.3, -0.25) is 0 Å². The maximum atomic E-state index is 10.1. The Morgan fingerprint density at radius 3 is 2.19 bits per heavy atom. The second-order valence-corrected chi connectivity index (χ2v) is 5.12. The van der Waals surface area contributed by atoms with Crippen molar-refractivity contribution in [3.8, 4) is 17.2 Å². The van der Waals surface area contributed by atoms with Crippen molar-refractivity contribution in [2.75, 3.05) is 14.2 Å². The molecule has 4 aromatic carbocycles. The molecule has 4 rings (SSSR count). The molecule has 3 heteroatoms. The number of phenols is 1. The number of rotatable bonds is 2. The van der Waals surface area contributed by atoms with Crippen molar-refractivity contribution in [1.82, 2.24) is 0 Å². The summed E-state index contributed by atoms with van der Waals surface area (Å²) in [5.41, 5.74) is 0. The molecule has 0 aliphatic carbocycles. The number of aromatic hydroxyl groups is 1. The standard InChI is InChI=1S/C18H14O3/c1-20-15-8-5-10-3-4-11-9-14(19)18(21-2)13-7-6-12(15)16(10)17(11)13/h3-9,19H,1-2H3. The average Bonchev–Trinajstić information content (AvgIpc) is 2.51. The van der Waals surface area contributed by atoms with Gasteiger partial charge in [0.25, 0.3) is 0 Å². The first-order valence-corrected chi connectivity index (χ1v) is 6.76. The van der Waals surface area contributed by atoms with Gasteiger partial charge >= 0.3 is 0 Å². The van der Waals surface area contributed by atoms with Crippen molar-refractivity contribution in [3.05, 3.63) is 42.5 Å². The fourth-order valence-electron chi connectivity index (χ4n) is 3.20. The highest BCUT2D eigenvalue weighted by Gasteiger charge is 2.16. The van der Waals surface area contributed by atoms with Crippen molar-refractivity contribution in [1.29, 1.82) is 0 Å². The lowest BCUT2D eigenvalue weighted by Gasteiger charge is -2.15. The summed E-state index contributed by atoms with van der Waals surface area (Å²) in [6.45, 7) is 0. The lowest BCUT2D eigenvalue weighted by molar-refractivity contribution is 0.378. The van der Waals surface area contributed by atoms with Gasteiger partial charge in [0.05, 0.1) is 14.2 Å². The Kier molecular flexibility index (Phi) is 2.39. The molecule has 0 unspecified atom stereocenters. The predicted octanol–water partition coefficient (Wildman–Crippen LogP) is 4.31. The van der Waals surface area contributed by atoms with Crippen LogP contribution in [0.25, 0.3) is 32.3 Å². The van der Waals surface area contributed by atoms with Crippen LogP contribution in [0.1, 0.15) is 0 Å². The molecule has 0 atom stereocenters. The SMILES string of the molecule is COc1ccc2ccc3cc(O)c(OC)c4ccc1c2c34. The highest BCUT2D eigenvalue weighted by atomic mass is 16.5. The lowest BCUT2D eigenvalue weighted by Crippen LogP contribution is -1.91. The van der Waals surface area contributed by atoms with E-state index >= 15 is 0 Å². The molecule has 0 heterocycles. The Morgan fingerprint density at radius 1 is 0.762 bits per heavy atom. The molecule has 104 valence electrons. The van der Waals surface area contributed by atoms with Crippen molar-refractivity contribution in [2.45, 2.75) is 0 Å². The first-order chi connectivity index (χ1) is 10.2. The summed E-state index contributed by atoms with van der Waals surface area (Å²) >= 11 is 0. The fourth-order valence-corrected chi connectivity index (χ4v) is 3.20. The molecule has 0 aromatic heterocycles. The fraction of sp³-hybridized carbons (Fsp3) is 0.111. The van der Waals surface area contributed by atoms with Crippen LogP contribution in [0.3, 0.4) is 0 Å². The minimum Gasteiger partial charge on any atom is -0.504 e. The van der Waals surface area contributed by atoms with Crippen LogP contribution in [-0.2, 0) is 0 Å². The first-order valence-electron chi connectivity index (χ1n) is 6.76. The van der Waals surface area contributed by atoms with Gasteiger partial charge in [-0.15, -0.1) is 0 Å². The van der Waals surface area contributed by atoms with Gasteiger partial charge in [-0.05, 0) is 35.0 Å². The van der Waals surface area contributed by atoms with Gasteiger partial charge in [0, 0.05) is 21.5 Å². The summed E-state index contributed by atoms with van der Waals surface area (Å²) < 4.78 is 10.8. The molecule has 3 nitrogen and oxygen atoms in total. The van der Waals surface area contributed by atoms with E-state index in [1.54, 1.807) is 20.3 Å². The van der Waals surface area contributed by atoms with Crippen LogP contribution in [0.15, 0.2) is 42.5 Å². The molecule has 0 bridgehead atoms. The van der Waals surface area contributed by atoms with Crippen LogP contribution in [0.2, 0.25) is 0 Å². The number of hydrogen-bond acceptors (Lipinski definition) is 3. The average molecular weight is 278 g/mol. The Morgan fingerprint density at radius 2 is 1.43 bits per heavy atom. The van der Waals surface area contributed by atoms with E-state index in [0.717, 1.165) is 38.1 Å².